The minimum atomic E-state index is 0. The van der Waals surface area contributed by atoms with Gasteiger partial charge in [0.2, 0.25) is 0 Å². The third-order valence-corrected chi connectivity index (χ3v) is 6.09. The average Bonchev–Trinajstić information content (AvgIpc) is 3.20. The summed E-state index contributed by atoms with van der Waals surface area (Å²) in [5, 5.41) is 7.11. The second-order valence-electron chi connectivity index (χ2n) is 8.56. The number of guanidine groups is 1. The van der Waals surface area contributed by atoms with Crippen LogP contribution in [0.4, 0.5) is 5.69 Å². The highest BCUT2D eigenvalue weighted by Crippen LogP contribution is 2.30. The van der Waals surface area contributed by atoms with Gasteiger partial charge in [-0.05, 0) is 64.6 Å². The van der Waals surface area contributed by atoms with Crippen molar-refractivity contribution in [3.05, 3.63) is 24.3 Å². The van der Waals surface area contributed by atoms with Gasteiger partial charge in [0.1, 0.15) is 5.75 Å². The Bertz CT molecular complexity index is 669. The summed E-state index contributed by atoms with van der Waals surface area (Å²) in [6.07, 6.45) is 3.68. The lowest BCUT2D eigenvalue weighted by atomic mass is 9.97. The van der Waals surface area contributed by atoms with E-state index < -0.39 is 0 Å². The Morgan fingerprint density at radius 3 is 2.73 bits per heavy atom. The summed E-state index contributed by atoms with van der Waals surface area (Å²) in [6.45, 7) is 12.9. The van der Waals surface area contributed by atoms with Crippen LogP contribution < -0.4 is 20.3 Å². The monoisotopic (exact) mass is 529 g/mol. The summed E-state index contributed by atoms with van der Waals surface area (Å²) in [5.74, 6) is 2.57. The smallest absolute Gasteiger partial charge is 0.191 e. The molecule has 1 aromatic rings. The van der Waals surface area contributed by atoms with Crippen molar-refractivity contribution in [2.75, 3.05) is 51.3 Å². The van der Waals surface area contributed by atoms with Crippen LogP contribution in [0.1, 0.15) is 40.0 Å². The van der Waals surface area contributed by atoms with Gasteiger partial charge in [0, 0.05) is 44.8 Å². The number of hydrogen-bond acceptors (Lipinski definition) is 4. The van der Waals surface area contributed by atoms with E-state index in [1.165, 1.54) is 31.6 Å². The first-order valence-corrected chi connectivity index (χ1v) is 11.3. The molecule has 0 saturated carbocycles. The number of methoxy groups -OCH3 is 1. The molecule has 0 aromatic heterocycles. The molecule has 2 N–H and O–H groups in total. The van der Waals surface area contributed by atoms with Gasteiger partial charge in [0.25, 0.3) is 0 Å². The summed E-state index contributed by atoms with van der Waals surface area (Å²) in [4.78, 5) is 9.94. The van der Waals surface area contributed by atoms with E-state index in [4.69, 9.17) is 9.73 Å². The molecular formula is C23H40IN5O. The van der Waals surface area contributed by atoms with Gasteiger partial charge in [0.05, 0.1) is 12.8 Å². The Labute approximate surface area is 199 Å². The molecule has 3 rings (SSSR count). The number of anilines is 1. The molecule has 7 heteroatoms. The van der Waals surface area contributed by atoms with E-state index in [9.17, 15) is 0 Å². The number of aliphatic imine (C=N–C) groups is 1. The van der Waals surface area contributed by atoms with Crippen LogP contribution in [0.3, 0.4) is 0 Å². The second kappa shape index (κ2) is 12.6. The zero-order valence-electron chi connectivity index (χ0n) is 19.1. The maximum atomic E-state index is 5.54. The van der Waals surface area contributed by atoms with Crippen molar-refractivity contribution in [1.82, 2.24) is 15.5 Å². The van der Waals surface area contributed by atoms with Crippen LogP contribution in [0.5, 0.6) is 5.75 Å². The number of halogens is 1. The molecule has 2 heterocycles. The molecule has 0 spiro atoms. The zero-order valence-corrected chi connectivity index (χ0v) is 21.4. The molecule has 2 aliphatic rings. The van der Waals surface area contributed by atoms with Crippen molar-refractivity contribution in [2.24, 2.45) is 10.9 Å². The number of likely N-dealkylation sites (tertiary alicyclic amines) is 1. The first kappa shape index (κ1) is 25.0. The quantitative estimate of drug-likeness (QED) is 0.322. The van der Waals surface area contributed by atoms with Crippen molar-refractivity contribution < 1.29 is 4.74 Å². The van der Waals surface area contributed by atoms with Crippen molar-refractivity contribution in [3.63, 3.8) is 0 Å². The second-order valence-corrected chi connectivity index (χ2v) is 8.56. The van der Waals surface area contributed by atoms with Crippen LogP contribution in [0.15, 0.2) is 29.3 Å². The Morgan fingerprint density at radius 2 is 2.00 bits per heavy atom. The lowest BCUT2D eigenvalue weighted by molar-refractivity contribution is 0.143. The fourth-order valence-electron chi connectivity index (χ4n) is 4.44. The number of rotatable bonds is 7. The minimum absolute atomic E-state index is 0. The summed E-state index contributed by atoms with van der Waals surface area (Å²) >= 11 is 0. The number of nitrogens with zero attached hydrogens (tertiary/aromatic N) is 3. The first-order chi connectivity index (χ1) is 14.1. The molecule has 2 unspecified atom stereocenters. The predicted octanol–water partition coefficient (Wildman–Crippen LogP) is 3.57. The molecule has 2 saturated heterocycles. The van der Waals surface area contributed by atoms with E-state index in [-0.39, 0.29) is 24.0 Å². The number of para-hydroxylation sites is 2. The fraction of sp³-hybridized carbons (Fsp3) is 0.696. The molecule has 1 aromatic carbocycles. The molecule has 30 heavy (non-hydrogen) atoms. The predicted molar refractivity (Wildman–Crippen MR) is 138 cm³/mol. The molecule has 0 bridgehead atoms. The maximum absolute atomic E-state index is 5.54. The van der Waals surface area contributed by atoms with Crippen LogP contribution in [0.2, 0.25) is 0 Å². The molecule has 0 radical (unpaired) electrons. The summed E-state index contributed by atoms with van der Waals surface area (Å²) in [7, 11) is 1.74. The van der Waals surface area contributed by atoms with Crippen LogP contribution in [0, 0.1) is 5.92 Å². The van der Waals surface area contributed by atoms with E-state index in [1.54, 1.807) is 7.11 Å². The van der Waals surface area contributed by atoms with Crippen molar-refractivity contribution in [2.45, 2.75) is 52.1 Å². The van der Waals surface area contributed by atoms with Gasteiger partial charge in [-0.3, -0.25) is 4.99 Å². The van der Waals surface area contributed by atoms with E-state index in [2.05, 4.69) is 53.3 Å². The first-order valence-electron chi connectivity index (χ1n) is 11.3. The van der Waals surface area contributed by atoms with Gasteiger partial charge >= 0.3 is 0 Å². The largest absolute Gasteiger partial charge is 0.495 e. The minimum Gasteiger partial charge on any atom is -0.495 e. The Hall–Kier alpha value is -1.22. The van der Waals surface area contributed by atoms with Crippen LogP contribution >= 0.6 is 24.0 Å². The van der Waals surface area contributed by atoms with Crippen molar-refractivity contribution in [3.8, 4) is 5.75 Å². The fourth-order valence-corrected chi connectivity index (χ4v) is 4.44. The van der Waals surface area contributed by atoms with Crippen molar-refractivity contribution >= 4 is 35.6 Å². The summed E-state index contributed by atoms with van der Waals surface area (Å²) in [6, 6.07) is 9.31. The standard InChI is InChI=1S/C23H39N5O.HI/c1-5-24-23(25-15-19-9-8-13-27(16-19)18(2)3)26-20-12-14-28(17-20)21-10-6-7-11-22(21)29-4;/h6-7,10-11,18-20H,5,8-9,12-17H2,1-4H3,(H2,24,25,26);1H. The van der Waals surface area contributed by atoms with Crippen molar-refractivity contribution in [1.29, 1.82) is 0 Å². The highest BCUT2D eigenvalue weighted by molar-refractivity contribution is 14.0. The molecule has 170 valence electrons. The highest BCUT2D eigenvalue weighted by atomic mass is 127. The highest BCUT2D eigenvalue weighted by Gasteiger charge is 2.26. The molecule has 0 amide bonds. The Balaban J connectivity index is 0.00000320. The topological polar surface area (TPSA) is 52.1 Å². The third kappa shape index (κ3) is 6.90. The molecule has 2 atom stereocenters. The Morgan fingerprint density at radius 1 is 1.20 bits per heavy atom. The molecule has 2 fully saturated rings. The number of benzene rings is 1. The van der Waals surface area contributed by atoms with E-state index in [0.717, 1.165) is 44.3 Å². The van der Waals surface area contributed by atoms with E-state index >= 15 is 0 Å². The van der Waals surface area contributed by atoms with Crippen LogP contribution in [0.25, 0.3) is 0 Å². The number of hydrogen-bond donors (Lipinski definition) is 2. The van der Waals surface area contributed by atoms with E-state index in [1.807, 2.05) is 12.1 Å². The van der Waals surface area contributed by atoms with Crippen LogP contribution in [-0.2, 0) is 0 Å². The zero-order chi connectivity index (χ0) is 20.6. The van der Waals surface area contributed by atoms with Crippen LogP contribution in [-0.4, -0.2) is 69.3 Å². The molecule has 0 aliphatic carbocycles. The van der Waals surface area contributed by atoms with Gasteiger partial charge in [-0.2, -0.15) is 0 Å². The average molecular weight is 530 g/mol. The van der Waals surface area contributed by atoms with E-state index in [0.29, 0.717) is 18.0 Å². The third-order valence-electron chi connectivity index (χ3n) is 6.09. The Kier molecular flexibility index (Phi) is 10.5. The number of nitrogens with one attached hydrogen (secondary N) is 2. The van der Waals surface area contributed by atoms with Gasteiger partial charge in [-0.25, -0.2) is 0 Å². The maximum Gasteiger partial charge on any atom is 0.191 e. The molecule has 2 aliphatic heterocycles. The van der Waals surface area contributed by atoms with Gasteiger partial charge in [0.15, 0.2) is 5.96 Å². The normalized spacial score (nSPS) is 22.7. The van der Waals surface area contributed by atoms with Gasteiger partial charge in [-0.15, -0.1) is 24.0 Å². The van der Waals surface area contributed by atoms with Gasteiger partial charge < -0.3 is 25.2 Å². The number of piperidine rings is 1. The van der Waals surface area contributed by atoms with Gasteiger partial charge in [-0.1, -0.05) is 12.1 Å². The molecule has 6 nitrogen and oxygen atoms in total. The summed E-state index contributed by atoms with van der Waals surface area (Å²) in [5.41, 5.74) is 1.18. The molecular weight excluding hydrogens is 489 g/mol. The lowest BCUT2D eigenvalue weighted by Crippen LogP contribution is -2.45. The number of ether oxygens (including phenoxy) is 1. The SMILES string of the molecule is CCNC(=NCC1CCCN(C(C)C)C1)NC1CCN(c2ccccc2OC)C1.I. The summed E-state index contributed by atoms with van der Waals surface area (Å²) < 4.78 is 5.54. The lowest BCUT2D eigenvalue weighted by Gasteiger charge is -2.35.